The lowest BCUT2D eigenvalue weighted by Gasteiger charge is -2.32. The van der Waals surface area contributed by atoms with Gasteiger partial charge in [-0.2, -0.15) is 0 Å². The van der Waals surface area contributed by atoms with Crippen molar-refractivity contribution < 1.29 is 14.6 Å². The minimum absolute atomic E-state index is 0.0522. The molecule has 3 aliphatic heterocycles. The second-order valence-electron chi connectivity index (χ2n) is 7.48. The quantitative estimate of drug-likeness (QED) is 0.925. The molecular formula is C21H22N2O3. The Morgan fingerprint density at radius 1 is 1.15 bits per heavy atom. The van der Waals surface area contributed by atoms with E-state index < -0.39 is 5.72 Å². The number of rotatable bonds is 3. The number of nitrogens with zero attached hydrogens (tertiary/aromatic N) is 2. The van der Waals surface area contributed by atoms with Gasteiger partial charge in [-0.3, -0.25) is 9.69 Å². The molecular weight excluding hydrogens is 328 g/mol. The molecule has 1 spiro atoms. The van der Waals surface area contributed by atoms with E-state index in [-0.39, 0.29) is 23.8 Å². The monoisotopic (exact) mass is 350 g/mol. The molecule has 3 aliphatic rings. The van der Waals surface area contributed by atoms with E-state index in [4.69, 9.17) is 4.74 Å². The molecule has 134 valence electrons. The SMILES string of the molecule is O=C1C[C@H]2N(Cc3cccc(O)c3)CC[C@]23O[C@@H](c2ccccc2)CN13. The first kappa shape index (κ1) is 15.9. The predicted molar refractivity (Wildman–Crippen MR) is 96.3 cm³/mol. The fraction of sp³-hybridized carbons (Fsp3) is 0.381. The number of phenolic OH excluding ortho intramolecular Hbond substituents is 1. The van der Waals surface area contributed by atoms with Crippen molar-refractivity contribution in [1.29, 1.82) is 0 Å². The summed E-state index contributed by atoms with van der Waals surface area (Å²) >= 11 is 0. The Morgan fingerprint density at radius 3 is 2.81 bits per heavy atom. The van der Waals surface area contributed by atoms with Crippen molar-refractivity contribution in [2.75, 3.05) is 13.1 Å². The second kappa shape index (κ2) is 5.83. The topological polar surface area (TPSA) is 53.0 Å². The summed E-state index contributed by atoms with van der Waals surface area (Å²) < 4.78 is 6.56. The van der Waals surface area contributed by atoms with E-state index in [1.807, 2.05) is 35.2 Å². The highest BCUT2D eigenvalue weighted by molar-refractivity contribution is 5.81. The maximum absolute atomic E-state index is 12.7. The number of hydrogen-bond donors (Lipinski definition) is 1. The molecule has 2 aromatic rings. The van der Waals surface area contributed by atoms with Crippen LogP contribution in [0.2, 0.25) is 0 Å². The van der Waals surface area contributed by atoms with E-state index in [1.54, 1.807) is 12.1 Å². The smallest absolute Gasteiger partial charge is 0.226 e. The number of hydrogen-bond acceptors (Lipinski definition) is 4. The molecule has 3 atom stereocenters. The Hall–Kier alpha value is -2.37. The Kier molecular flexibility index (Phi) is 3.55. The molecule has 3 saturated heterocycles. The van der Waals surface area contributed by atoms with Crippen LogP contribution in [-0.2, 0) is 16.1 Å². The van der Waals surface area contributed by atoms with Crippen LogP contribution in [-0.4, -0.2) is 45.7 Å². The van der Waals surface area contributed by atoms with Gasteiger partial charge < -0.3 is 14.7 Å². The summed E-state index contributed by atoms with van der Waals surface area (Å²) in [6.45, 7) is 2.26. The van der Waals surface area contributed by atoms with Gasteiger partial charge in [-0.15, -0.1) is 0 Å². The normalized spacial score (nSPS) is 30.6. The van der Waals surface area contributed by atoms with Crippen molar-refractivity contribution in [2.45, 2.75) is 37.3 Å². The minimum atomic E-state index is -0.492. The first-order valence-corrected chi connectivity index (χ1v) is 9.21. The van der Waals surface area contributed by atoms with Gasteiger partial charge in [-0.25, -0.2) is 0 Å². The molecule has 0 saturated carbocycles. The van der Waals surface area contributed by atoms with Gasteiger partial charge >= 0.3 is 0 Å². The molecule has 0 radical (unpaired) electrons. The Labute approximate surface area is 152 Å². The summed E-state index contributed by atoms with van der Waals surface area (Å²) in [6, 6.07) is 17.6. The average Bonchev–Trinajstić information content (AvgIpc) is 3.26. The lowest BCUT2D eigenvalue weighted by Crippen LogP contribution is -2.47. The highest BCUT2D eigenvalue weighted by atomic mass is 16.5. The minimum Gasteiger partial charge on any atom is -0.508 e. The van der Waals surface area contributed by atoms with Crippen molar-refractivity contribution in [1.82, 2.24) is 9.80 Å². The van der Waals surface area contributed by atoms with Crippen LogP contribution in [0.3, 0.4) is 0 Å². The van der Waals surface area contributed by atoms with Gasteiger partial charge in [0.05, 0.1) is 12.6 Å². The molecule has 0 aliphatic carbocycles. The summed E-state index contributed by atoms with van der Waals surface area (Å²) in [7, 11) is 0. The van der Waals surface area contributed by atoms with Crippen LogP contribution in [0.15, 0.2) is 54.6 Å². The number of ether oxygens (including phenoxy) is 1. The zero-order valence-electron chi connectivity index (χ0n) is 14.5. The van der Waals surface area contributed by atoms with E-state index in [9.17, 15) is 9.90 Å². The predicted octanol–water partition coefficient (Wildman–Crippen LogP) is 2.67. The number of amides is 1. The first-order valence-electron chi connectivity index (χ1n) is 9.21. The molecule has 0 unspecified atom stereocenters. The molecule has 26 heavy (non-hydrogen) atoms. The van der Waals surface area contributed by atoms with Crippen LogP contribution < -0.4 is 0 Å². The molecule has 5 rings (SSSR count). The summed E-state index contributed by atoms with van der Waals surface area (Å²) in [4.78, 5) is 17.0. The van der Waals surface area contributed by atoms with Crippen molar-refractivity contribution in [3.63, 3.8) is 0 Å². The fourth-order valence-electron chi connectivity index (χ4n) is 4.83. The van der Waals surface area contributed by atoms with E-state index in [2.05, 4.69) is 17.0 Å². The lowest BCUT2D eigenvalue weighted by molar-refractivity contribution is -0.138. The maximum atomic E-state index is 12.7. The van der Waals surface area contributed by atoms with Crippen LogP contribution in [0, 0.1) is 0 Å². The van der Waals surface area contributed by atoms with Crippen LogP contribution in [0.4, 0.5) is 0 Å². The number of aromatic hydroxyl groups is 1. The molecule has 0 aromatic heterocycles. The van der Waals surface area contributed by atoms with E-state index in [1.165, 1.54) is 0 Å². The second-order valence-corrected chi connectivity index (χ2v) is 7.48. The number of likely N-dealkylation sites (tertiary alicyclic amines) is 1. The number of phenols is 1. The standard InChI is InChI=1S/C21H22N2O3/c24-17-8-4-5-15(11-17)13-22-10-9-21-19(22)12-20(25)23(21)14-18(26-21)16-6-2-1-3-7-16/h1-8,11,18-19,24H,9-10,12-14H2/t18-,19-,21+/m1/s1. The molecule has 0 bridgehead atoms. The Bertz CT molecular complexity index is 840. The summed E-state index contributed by atoms with van der Waals surface area (Å²) in [5, 5.41) is 9.72. The molecule has 5 nitrogen and oxygen atoms in total. The van der Waals surface area contributed by atoms with Gasteiger partial charge in [0.2, 0.25) is 5.91 Å². The number of benzene rings is 2. The Balaban J connectivity index is 1.40. The summed E-state index contributed by atoms with van der Waals surface area (Å²) in [5.74, 6) is 0.468. The van der Waals surface area contributed by atoms with Crippen LogP contribution in [0.25, 0.3) is 0 Å². The third kappa shape index (κ3) is 2.35. The van der Waals surface area contributed by atoms with Gasteiger partial charge in [-0.1, -0.05) is 42.5 Å². The molecule has 5 heteroatoms. The van der Waals surface area contributed by atoms with Crippen molar-refractivity contribution >= 4 is 5.91 Å². The van der Waals surface area contributed by atoms with Crippen molar-refractivity contribution in [3.05, 3.63) is 65.7 Å². The number of carbonyl (C=O) groups excluding carboxylic acids is 1. The molecule has 3 fully saturated rings. The van der Waals surface area contributed by atoms with Gasteiger partial charge in [0.25, 0.3) is 0 Å². The highest BCUT2D eigenvalue weighted by Gasteiger charge is 2.63. The third-order valence-corrected chi connectivity index (χ3v) is 6.01. The summed E-state index contributed by atoms with van der Waals surface area (Å²) in [6.07, 6.45) is 1.30. The maximum Gasteiger partial charge on any atom is 0.226 e. The Morgan fingerprint density at radius 2 is 2.00 bits per heavy atom. The highest BCUT2D eigenvalue weighted by Crippen LogP contribution is 2.50. The van der Waals surface area contributed by atoms with Gasteiger partial charge in [0.1, 0.15) is 11.9 Å². The third-order valence-electron chi connectivity index (χ3n) is 6.01. The first-order chi connectivity index (χ1) is 12.7. The van der Waals surface area contributed by atoms with Crippen LogP contribution >= 0.6 is 0 Å². The lowest BCUT2D eigenvalue weighted by atomic mass is 10.1. The average molecular weight is 350 g/mol. The molecule has 1 amide bonds. The molecule has 1 N–H and O–H groups in total. The zero-order valence-corrected chi connectivity index (χ0v) is 14.5. The van der Waals surface area contributed by atoms with Gasteiger partial charge in [0, 0.05) is 25.9 Å². The summed E-state index contributed by atoms with van der Waals surface area (Å²) in [5.41, 5.74) is 1.70. The van der Waals surface area contributed by atoms with Crippen LogP contribution in [0.1, 0.15) is 30.1 Å². The zero-order chi connectivity index (χ0) is 17.7. The largest absolute Gasteiger partial charge is 0.508 e. The van der Waals surface area contributed by atoms with E-state index >= 15 is 0 Å². The number of carbonyl (C=O) groups is 1. The van der Waals surface area contributed by atoms with Crippen molar-refractivity contribution in [2.24, 2.45) is 0 Å². The van der Waals surface area contributed by atoms with Crippen LogP contribution in [0.5, 0.6) is 5.75 Å². The van der Waals surface area contributed by atoms with E-state index in [0.717, 1.165) is 30.6 Å². The molecule has 3 heterocycles. The fourth-order valence-corrected chi connectivity index (χ4v) is 4.83. The van der Waals surface area contributed by atoms with Gasteiger partial charge in [0.15, 0.2) is 5.72 Å². The van der Waals surface area contributed by atoms with Gasteiger partial charge in [-0.05, 0) is 23.3 Å². The molecule has 2 aromatic carbocycles. The van der Waals surface area contributed by atoms with Crippen molar-refractivity contribution in [3.8, 4) is 5.75 Å². The van der Waals surface area contributed by atoms with E-state index in [0.29, 0.717) is 13.0 Å².